The molecular weight excluding hydrogens is 400 g/mol. The van der Waals surface area contributed by atoms with Crippen LogP contribution >= 0.6 is 31.9 Å². The fourth-order valence-corrected chi connectivity index (χ4v) is 5.00. The average molecular weight is 416 g/mol. The molecule has 0 saturated carbocycles. The summed E-state index contributed by atoms with van der Waals surface area (Å²) in [4.78, 5) is -0.0242. The van der Waals surface area contributed by atoms with Crippen LogP contribution in [0.2, 0.25) is 0 Å². The number of benzene rings is 1. The second-order valence-electron chi connectivity index (χ2n) is 4.48. The van der Waals surface area contributed by atoms with Crippen molar-refractivity contribution in [3.8, 4) is 0 Å². The summed E-state index contributed by atoms with van der Waals surface area (Å²) in [5, 5.41) is 9.30. The fourth-order valence-electron chi connectivity index (χ4n) is 1.46. The molecule has 0 aliphatic rings. The van der Waals surface area contributed by atoms with Crippen LogP contribution in [0.5, 0.6) is 0 Å². The van der Waals surface area contributed by atoms with E-state index in [0.29, 0.717) is 15.4 Å². The Morgan fingerprint density at radius 2 is 2.00 bits per heavy atom. The van der Waals surface area contributed by atoms with Crippen molar-refractivity contribution in [2.75, 3.05) is 12.3 Å². The van der Waals surface area contributed by atoms with Gasteiger partial charge >= 0.3 is 0 Å². The quantitative estimate of drug-likeness (QED) is 0.643. The van der Waals surface area contributed by atoms with Crippen LogP contribution in [-0.2, 0) is 10.0 Å². The van der Waals surface area contributed by atoms with E-state index in [1.807, 2.05) is 0 Å². The number of nitrogens with one attached hydrogen (secondary N) is 1. The van der Waals surface area contributed by atoms with E-state index < -0.39 is 15.6 Å². The second kappa shape index (κ2) is 6.09. The first kappa shape index (κ1) is 16.9. The molecule has 0 radical (unpaired) electrons. The Morgan fingerprint density at radius 1 is 1.42 bits per heavy atom. The SMILES string of the molecule is CCC(C)(CO)NS(=O)(=O)c1c(N)cc(Br)cc1Br. The van der Waals surface area contributed by atoms with Crippen LogP contribution in [0.15, 0.2) is 26.0 Å². The molecule has 0 heterocycles. The Bertz CT molecular complexity index is 548. The predicted molar refractivity (Wildman–Crippen MR) is 82.4 cm³/mol. The molecule has 19 heavy (non-hydrogen) atoms. The molecule has 0 aliphatic heterocycles. The second-order valence-corrected chi connectivity index (χ2v) is 7.87. The van der Waals surface area contributed by atoms with E-state index in [0.717, 1.165) is 0 Å². The minimum Gasteiger partial charge on any atom is -0.398 e. The third kappa shape index (κ3) is 3.91. The van der Waals surface area contributed by atoms with E-state index >= 15 is 0 Å². The van der Waals surface area contributed by atoms with Crippen LogP contribution in [0.3, 0.4) is 0 Å². The van der Waals surface area contributed by atoms with Crippen molar-refractivity contribution in [1.82, 2.24) is 4.72 Å². The van der Waals surface area contributed by atoms with Crippen LogP contribution in [0.4, 0.5) is 5.69 Å². The molecule has 1 aromatic carbocycles. The highest BCUT2D eigenvalue weighted by molar-refractivity contribution is 9.11. The van der Waals surface area contributed by atoms with E-state index in [1.54, 1.807) is 19.9 Å². The van der Waals surface area contributed by atoms with E-state index in [1.165, 1.54) is 6.07 Å². The van der Waals surface area contributed by atoms with Gasteiger partial charge in [-0.2, -0.15) is 0 Å². The summed E-state index contributed by atoms with van der Waals surface area (Å²) in [6.07, 6.45) is 0.455. The molecule has 0 amide bonds. The molecule has 0 aliphatic carbocycles. The molecular formula is C11H16Br2N2O3S. The summed E-state index contributed by atoms with van der Waals surface area (Å²) in [5.74, 6) is 0. The molecule has 1 atom stereocenters. The van der Waals surface area contributed by atoms with E-state index in [4.69, 9.17) is 5.73 Å². The lowest BCUT2D eigenvalue weighted by molar-refractivity contribution is 0.191. The van der Waals surface area contributed by atoms with Crippen molar-refractivity contribution in [2.24, 2.45) is 0 Å². The maximum absolute atomic E-state index is 12.4. The van der Waals surface area contributed by atoms with Crippen molar-refractivity contribution in [3.63, 3.8) is 0 Å². The molecule has 4 N–H and O–H groups in total. The van der Waals surface area contributed by atoms with Crippen LogP contribution in [0, 0.1) is 0 Å². The van der Waals surface area contributed by atoms with Gasteiger partial charge in [0.05, 0.1) is 17.8 Å². The van der Waals surface area contributed by atoms with E-state index in [9.17, 15) is 13.5 Å². The summed E-state index contributed by atoms with van der Waals surface area (Å²) in [7, 11) is -3.82. The van der Waals surface area contributed by atoms with Crippen LogP contribution in [0.1, 0.15) is 20.3 Å². The molecule has 1 unspecified atom stereocenters. The third-order valence-electron chi connectivity index (χ3n) is 2.82. The van der Waals surface area contributed by atoms with Gasteiger partial charge in [0.25, 0.3) is 0 Å². The van der Waals surface area contributed by atoms with Crippen molar-refractivity contribution in [1.29, 1.82) is 0 Å². The maximum atomic E-state index is 12.4. The number of anilines is 1. The first-order valence-electron chi connectivity index (χ1n) is 5.54. The van der Waals surface area contributed by atoms with Gasteiger partial charge in [-0.1, -0.05) is 22.9 Å². The Balaban J connectivity index is 3.29. The molecule has 1 rings (SSSR count). The van der Waals surface area contributed by atoms with Gasteiger partial charge in [-0.25, -0.2) is 13.1 Å². The van der Waals surface area contributed by atoms with E-state index in [2.05, 4.69) is 36.6 Å². The fraction of sp³-hybridized carbons (Fsp3) is 0.455. The maximum Gasteiger partial charge on any atom is 0.244 e. The summed E-state index contributed by atoms with van der Waals surface area (Å²) in [6.45, 7) is 3.13. The first-order valence-corrected chi connectivity index (χ1v) is 8.61. The third-order valence-corrected chi connectivity index (χ3v) is 5.92. The summed E-state index contributed by atoms with van der Waals surface area (Å²) in [5.41, 5.74) is 4.98. The lowest BCUT2D eigenvalue weighted by Gasteiger charge is -2.27. The van der Waals surface area contributed by atoms with Crippen LogP contribution in [-0.4, -0.2) is 25.7 Å². The molecule has 0 bridgehead atoms. The molecule has 108 valence electrons. The number of aliphatic hydroxyl groups is 1. The highest BCUT2D eigenvalue weighted by Crippen LogP contribution is 2.32. The number of rotatable bonds is 5. The molecule has 0 saturated heterocycles. The Labute approximate surface area is 129 Å². The summed E-state index contributed by atoms with van der Waals surface area (Å²) >= 11 is 6.43. The molecule has 0 spiro atoms. The average Bonchev–Trinajstić information content (AvgIpc) is 2.26. The Hall–Kier alpha value is -0.150. The van der Waals surface area contributed by atoms with E-state index in [-0.39, 0.29) is 17.2 Å². The monoisotopic (exact) mass is 414 g/mol. The van der Waals surface area contributed by atoms with Crippen molar-refractivity contribution >= 4 is 47.6 Å². The Morgan fingerprint density at radius 3 is 2.42 bits per heavy atom. The van der Waals surface area contributed by atoms with Gasteiger partial charge in [-0.05, 0) is 41.4 Å². The van der Waals surface area contributed by atoms with Crippen molar-refractivity contribution in [2.45, 2.75) is 30.7 Å². The van der Waals surface area contributed by atoms with Gasteiger partial charge in [0.1, 0.15) is 4.90 Å². The smallest absolute Gasteiger partial charge is 0.244 e. The number of sulfonamides is 1. The van der Waals surface area contributed by atoms with Gasteiger partial charge in [-0.3, -0.25) is 0 Å². The number of hydrogen-bond donors (Lipinski definition) is 3. The number of aliphatic hydroxyl groups excluding tert-OH is 1. The van der Waals surface area contributed by atoms with Gasteiger partial charge in [-0.15, -0.1) is 0 Å². The van der Waals surface area contributed by atoms with Crippen molar-refractivity contribution in [3.05, 3.63) is 21.1 Å². The number of nitrogens with two attached hydrogens (primary N) is 1. The highest BCUT2D eigenvalue weighted by Gasteiger charge is 2.31. The lowest BCUT2D eigenvalue weighted by atomic mass is 10.0. The minimum absolute atomic E-state index is 0.0242. The highest BCUT2D eigenvalue weighted by atomic mass is 79.9. The zero-order valence-electron chi connectivity index (χ0n) is 10.6. The topological polar surface area (TPSA) is 92.4 Å². The summed E-state index contributed by atoms with van der Waals surface area (Å²) in [6, 6.07) is 3.12. The van der Waals surface area contributed by atoms with Gasteiger partial charge in [0, 0.05) is 8.95 Å². The normalized spacial score (nSPS) is 15.2. The minimum atomic E-state index is -3.82. The van der Waals surface area contributed by atoms with Crippen LogP contribution < -0.4 is 10.5 Å². The Kier molecular flexibility index (Phi) is 5.42. The predicted octanol–water partition coefficient (Wildman–Crippen LogP) is 2.23. The molecule has 0 fully saturated rings. The zero-order chi connectivity index (χ0) is 14.8. The molecule has 0 aromatic heterocycles. The number of nitrogen functional groups attached to an aromatic ring is 1. The lowest BCUT2D eigenvalue weighted by Crippen LogP contribution is -2.48. The molecule has 8 heteroatoms. The van der Waals surface area contributed by atoms with Gasteiger partial charge in [0.15, 0.2) is 0 Å². The first-order chi connectivity index (χ1) is 8.65. The van der Waals surface area contributed by atoms with Crippen LogP contribution in [0.25, 0.3) is 0 Å². The number of halogens is 2. The molecule has 5 nitrogen and oxygen atoms in total. The molecule has 1 aromatic rings. The largest absolute Gasteiger partial charge is 0.398 e. The standard InChI is InChI=1S/C11H16Br2N2O3S/c1-3-11(2,6-16)15-19(17,18)10-8(13)4-7(12)5-9(10)14/h4-5,15-16H,3,6,14H2,1-2H3. The van der Waals surface area contributed by atoms with Gasteiger partial charge in [0.2, 0.25) is 10.0 Å². The van der Waals surface area contributed by atoms with Crippen molar-refractivity contribution < 1.29 is 13.5 Å². The summed E-state index contributed by atoms with van der Waals surface area (Å²) < 4.78 is 28.3. The number of hydrogen-bond acceptors (Lipinski definition) is 4. The zero-order valence-corrected chi connectivity index (χ0v) is 14.6. The van der Waals surface area contributed by atoms with Gasteiger partial charge < -0.3 is 10.8 Å².